The SMILES string of the molecule is COc1cc(F)c2[nH]c(C)c(CCNC(=O)c3ccc4c(c3)NNN4C)c2c1. The Morgan fingerprint density at radius 2 is 2.11 bits per heavy atom. The van der Waals surface area contributed by atoms with Crippen molar-refractivity contribution in [3.63, 3.8) is 0 Å². The van der Waals surface area contributed by atoms with E-state index in [9.17, 15) is 9.18 Å². The zero-order chi connectivity index (χ0) is 19.8. The van der Waals surface area contributed by atoms with Gasteiger partial charge in [0.15, 0.2) is 5.82 Å². The lowest BCUT2D eigenvalue weighted by molar-refractivity contribution is 0.0954. The Hall–Kier alpha value is -3.26. The summed E-state index contributed by atoms with van der Waals surface area (Å²) in [5.74, 6) is -0.0316. The van der Waals surface area contributed by atoms with Gasteiger partial charge in [-0.15, -0.1) is 5.53 Å². The summed E-state index contributed by atoms with van der Waals surface area (Å²) in [7, 11) is 3.40. The van der Waals surface area contributed by atoms with E-state index in [1.807, 2.05) is 31.1 Å². The normalized spacial score (nSPS) is 12.8. The van der Waals surface area contributed by atoms with Crippen molar-refractivity contribution in [2.75, 3.05) is 31.1 Å². The summed E-state index contributed by atoms with van der Waals surface area (Å²) >= 11 is 0. The number of aromatic amines is 1. The van der Waals surface area contributed by atoms with Gasteiger partial charge in [0, 0.05) is 36.3 Å². The molecular formula is C20H22FN5O2. The summed E-state index contributed by atoms with van der Waals surface area (Å²) in [6.45, 7) is 2.34. The van der Waals surface area contributed by atoms with Gasteiger partial charge in [0.2, 0.25) is 0 Å². The fraction of sp³-hybridized carbons (Fsp3) is 0.250. The predicted molar refractivity (Wildman–Crippen MR) is 107 cm³/mol. The Bertz CT molecular complexity index is 1060. The molecule has 0 saturated heterocycles. The van der Waals surface area contributed by atoms with Crippen molar-refractivity contribution in [2.45, 2.75) is 13.3 Å². The zero-order valence-electron chi connectivity index (χ0n) is 15.9. The molecule has 4 N–H and O–H groups in total. The molecule has 0 atom stereocenters. The number of ether oxygens (including phenoxy) is 1. The van der Waals surface area contributed by atoms with Crippen LogP contribution in [-0.4, -0.2) is 31.6 Å². The lowest BCUT2D eigenvalue weighted by Crippen LogP contribution is -2.31. The van der Waals surface area contributed by atoms with E-state index < -0.39 is 0 Å². The highest BCUT2D eigenvalue weighted by molar-refractivity contribution is 5.96. The highest BCUT2D eigenvalue weighted by atomic mass is 19.1. The predicted octanol–water partition coefficient (Wildman–Crippen LogP) is 2.88. The van der Waals surface area contributed by atoms with Crippen LogP contribution in [0.25, 0.3) is 10.9 Å². The highest BCUT2D eigenvalue weighted by Crippen LogP contribution is 2.30. The van der Waals surface area contributed by atoms with Crippen molar-refractivity contribution in [2.24, 2.45) is 0 Å². The molecule has 1 amide bonds. The van der Waals surface area contributed by atoms with E-state index in [0.717, 1.165) is 28.0 Å². The fourth-order valence-corrected chi connectivity index (χ4v) is 3.53. The molecule has 28 heavy (non-hydrogen) atoms. The van der Waals surface area contributed by atoms with Crippen LogP contribution in [0.5, 0.6) is 5.75 Å². The number of aryl methyl sites for hydroxylation is 1. The number of halogens is 1. The van der Waals surface area contributed by atoms with Gasteiger partial charge in [-0.05, 0) is 43.2 Å². The van der Waals surface area contributed by atoms with Crippen LogP contribution in [0.1, 0.15) is 21.6 Å². The van der Waals surface area contributed by atoms with Crippen molar-refractivity contribution in [1.29, 1.82) is 0 Å². The molecule has 4 rings (SSSR count). The topological polar surface area (TPSA) is 81.4 Å². The molecule has 1 aromatic heterocycles. The average Bonchev–Trinajstić information content (AvgIpc) is 3.22. The van der Waals surface area contributed by atoms with Crippen molar-refractivity contribution >= 4 is 28.2 Å². The lowest BCUT2D eigenvalue weighted by Gasteiger charge is -2.10. The molecule has 0 bridgehead atoms. The van der Waals surface area contributed by atoms with Crippen LogP contribution in [0.15, 0.2) is 30.3 Å². The van der Waals surface area contributed by atoms with Gasteiger partial charge in [-0.25, -0.2) is 4.39 Å². The molecule has 0 aliphatic carbocycles. The molecule has 1 aliphatic heterocycles. The Balaban J connectivity index is 1.47. The van der Waals surface area contributed by atoms with Crippen LogP contribution in [0, 0.1) is 12.7 Å². The van der Waals surface area contributed by atoms with Crippen LogP contribution in [0.3, 0.4) is 0 Å². The second-order valence-electron chi connectivity index (χ2n) is 6.79. The van der Waals surface area contributed by atoms with E-state index in [1.54, 1.807) is 12.1 Å². The molecule has 7 nitrogen and oxygen atoms in total. The lowest BCUT2D eigenvalue weighted by atomic mass is 10.1. The number of hydrogen-bond donors (Lipinski definition) is 4. The molecule has 8 heteroatoms. The first-order valence-electron chi connectivity index (χ1n) is 9.00. The maximum Gasteiger partial charge on any atom is 0.251 e. The quantitative estimate of drug-likeness (QED) is 0.545. The second-order valence-corrected chi connectivity index (χ2v) is 6.79. The van der Waals surface area contributed by atoms with Gasteiger partial charge in [-0.3, -0.25) is 9.80 Å². The summed E-state index contributed by atoms with van der Waals surface area (Å²) in [6, 6.07) is 8.65. The molecular weight excluding hydrogens is 361 g/mol. The first-order chi connectivity index (χ1) is 13.5. The van der Waals surface area contributed by atoms with Crippen LogP contribution in [0.2, 0.25) is 0 Å². The minimum Gasteiger partial charge on any atom is -0.497 e. The van der Waals surface area contributed by atoms with Gasteiger partial charge in [-0.2, -0.15) is 0 Å². The Kier molecular flexibility index (Phi) is 4.56. The van der Waals surface area contributed by atoms with Gasteiger partial charge in [0.1, 0.15) is 5.75 Å². The van der Waals surface area contributed by atoms with E-state index in [4.69, 9.17) is 4.74 Å². The third-order valence-electron chi connectivity index (χ3n) is 5.03. The number of carbonyl (C=O) groups is 1. The minimum atomic E-state index is -0.350. The van der Waals surface area contributed by atoms with E-state index in [1.165, 1.54) is 13.2 Å². The molecule has 0 radical (unpaired) electrons. The van der Waals surface area contributed by atoms with Crippen molar-refractivity contribution in [1.82, 2.24) is 15.8 Å². The number of carbonyl (C=O) groups excluding carboxylic acids is 1. The van der Waals surface area contributed by atoms with E-state index in [2.05, 4.69) is 21.3 Å². The van der Waals surface area contributed by atoms with E-state index in [-0.39, 0.29) is 11.7 Å². The third-order valence-corrected chi connectivity index (χ3v) is 5.03. The van der Waals surface area contributed by atoms with Crippen molar-refractivity contribution in [3.05, 3.63) is 53.0 Å². The standard InChI is InChI=1S/C20H22FN5O2/c1-11-14(15-9-13(28-3)10-16(21)19(15)23-11)6-7-22-20(27)12-4-5-18-17(8-12)24-25-26(18)2/h4-5,8-10,23-25H,6-7H2,1-3H3,(H,22,27). The van der Waals surface area contributed by atoms with Crippen molar-refractivity contribution < 1.29 is 13.9 Å². The maximum atomic E-state index is 14.2. The minimum absolute atomic E-state index is 0.152. The molecule has 146 valence electrons. The number of aromatic nitrogens is 1. The van der Waals surface area contributed by atoms with Gasteiger partial charge < -0.3 is 20.5 Å². The Labute approximate surface area is 161 Å². The number of rotatable bonds is 5. The first kappa shape index (κ1) is 18.1. The summed E-state index contributed by atoms with van der Waals surface area (Å²) in [5.41, 5.74) is 10.7. The van der Waals surface area contributed by atoms with Crippen molar-refractivity contribution in [3.8, 4) is 5.75 Å². The number of fused-ring (bicyclic) bond motifs is 2. The number of nitrogens with zero attached hydrogens (tertiary/aromatic N) is 1. The molecule has 0 saturated carbocycles. The first-order valence-corrected chi connectivity index (χ1v) is 9.00. The number of amides is 1. The number of anilines is 2. The number of benzene rings is 2. The monoisotopic (exact) mass is 383 g/mol. The smallest absolute Gasteiger partial charge is 0.251 e. The summed E-state index contributed by atoms with van der Waals surface area (Å²) < 4.78 is 19.4. The molecule has 2 aromatic carbocycles. The van der Waals surface area contributed by atoms with Gasteiger partial charge in [0.25, 0.3) is 5.91 Å². The fourth-order valence-electron chi connectivity index (χ4n) is 3.53. The van der Waals surface area contributed by atoms with Gasteiger partial charge in [-0.1, -0.05) is 0 Å². The number of H-pyrrole nitrogens is 1. The molecule has 0 spiro atoms. The summed E-state index contributed by atoms with van der Waals surface area (Å²) in [5, 5.41) is 5.55. The van der Waals surface area contributed by atoms with E-state index >= 15 is 0 Å². The zero-order valence-corrected chi connectivity index (χ0v) is 15.9. The average molecular weight is 383 g/mol. The molecule has 3 aromatic rings. The molecule has 2 heterocycles. The Morgan fingerprint density at radius 3 is 2.89 bits per heavy atom. The van der Waals surface area contributed by atoms with Gasteiger partial charge >= 0.3 is 0 Å². The molecule has 1 aliphatic rings. The number of hydrogen-bond acceptors (Lipinski definition) is 5. The third kappa shape index (κ3) is 3.11. The van der Waals surface area contributed by atoms with Crippen LogP contribution >= 0.6 is 0 Å². The van der Waals surface area contributed by atoms with Crippen LogP contribution < -0.4 is 26.0 Å². The highest BCUT2D eigenvalue weighted by Gasteiger charge is 2.17. The van der Waals surface area contributed by atoms with Crippen LogP contribution in [-0.2, 0) is 6.42 Å². The molecule has 0 fully saturated rings. The summed E-state index contributed by atoms with van der Waals surface area (Å²) in [6.07, 6.45) is 0.581. The van der Waals surface area contributed by atoms with E-state index in [0.29, 0.717) is 29.8 Å². The summed E-state index contributed by atoms with van der Waals surface area (Å²) in [4.78, 5) is 15.6. The Morgan fingerprint density at radius 1 is 1.29 bits per heavy atom. The molecule has 0 unspecified atom stereocenters. The number of hydrazine groups is 2. The van der Waals surface area contributed by atoms with Crippen LogP contribution in [0.4, 0.5) is 15.8 Å². The number of nitrogens with one attached hydrogen (secondary N) is 4. The number of methoxy groups -OCH3 is 1. The maximum absolute atomic E-state index is 14.2. The second kappa shape index (κ2) is 7.05. The largest absolute Gasteiger partial charge is 0.497 e. The van der Waals surface area contributed by atoms with Gasteiger partial charge in [0.05, 0.1) is 24.0 Å².